The van der Waals surface area contributed by atoms with Crippen LogP contribution in [0.1, 0.15) is 11.1 Å². The lowest BCUT2D eigenvalue weighted by Gasteiger charge is -2.05. The van der Waals surface area contributed by atoms with Crippen molar-refractivity contribution in [3.05, 3.63) is 28.8 Å². The third kappa shape index (κ3) is 1.27. The fourth-order valence-corrected chi connectivity index (χ4v) is 0.924. The Labute approximate surface area is 65.6 Å². The zero-order valence-electron chi connectivity index (χ0n) is 6.41. The SMILES string of the molecule is [B]c1c(F)cc(C)c(F)c1C. The highest BCUT2D eigenvalue weighted by Crippen LogP contribution is 2.10. The van der Waals surface area contributed by atoms with Crippen LogP contribution in [0, 0.1) is 25.5 Å². The van der Waals surface area contributed by atoms with Crippen molar-refractivity contribution in [3.63, 3.8) is 0 Å². The molecule has 0 aromatic heterocycles. The minimum absolute atomic E-state index is 0.104. The number of hydrogen-bond donors (Lipinski definition) is 0. The second-order valence-corrected chi connectivity index (χ2v) is 2.53. The Hall–Kier alpha value is -0.855. The van der Waals surface area contributed by atoms with Gasteiger partial charge in [-0.15, -0.1) is 0 Å². The quantitative estimate of drug-likeness (QED) is 0.492. The van der Waals surface area contributed by atoms with Gasteiger partial charge in [0.25, 0.3) is 0 Å². The Morgan fingerprint density at radius 2 is 1.82 bits per heavy atom. The highest BCUT2D eigenvalue weighted by Gasteiger charge is 2.07. The zero-order valence-corrected chi connectivity index (χ0v) is 6.41. The van der Waals surface area contributed by atoms with Crippen LogP contribution in [-0.4, -0.2) is 7.85 Å². The molecule has 1 aromatic rings. The Morgan fingerprint density at radius 1 is 1.27 bits per heavy atom. The fourth-order valence-electron chi connectivity index (χ4n) is 0.924. The standard InChI is InChI=1S/C8H7BF2/c1-4-3-6(10)7(9)5(2)8(4)11/h3H,1-2H3. The molecule has 11 heavy (non-hydrogen) atoms. The maximum absolute atomic E-state index is 12.9. The molecule has 1 rings (SSSR count). The van der Waals surface area contributed by atoms with E-state index in [1.807, 2.05) is 0 Å². The molecule has 0 atom stereocenters. The molecule has 0 saturated heterocycles. The van der Waals surface area contributed by atoms with Crippen LogP contribution in [0.3, 0.4) is 0 Å². The maximum atomic E-state index is 12.9. The summed E-state index contributed by atoms with van der Waals surface area (Å²) in [4.78, 5) is 0. The van der Waals surface area contributed by atoms with Crippen LogP contribution in [-0.2, 0) is 0 Å². The average molecular weight is 152 g/mol. The van der Waals surface area contributed by atoms with E-state index in [1.165, 1.54) is 13.8 Å². The summed E-state index contributed by atoms with van der Waals surface area (Å²) in [5, 5.41) is 0. The van der Waals surface area contributed by atoms with E-state index in [0.29, 0.717) is 0 Å². The minimum Gasteiger partial charge on any atom is -0.208 e. The van der Waals surface area contributed by atoms with Gasteiger partial charge in [0.15, 0.2) is 0 Å². The molecule has 56 valence electrons. The Bertz CT molecular complexity index is 268. The topological polar surface area (TPSA) is 0 Å². The average Bonchev–Trinajstić information content (AvgIpc) is 1.97. The van der Waals surface area contributed by atoms with Crippen LogP contribution in [0.4, 0.5) is 8.78 Å². The molecule has 0 bridgehead atoms. The number of benzene rings is 1. The van der Waals surface area contributed by atoms with E-state index in [9.17, 15) is 8.78 Å². The Balaban J connectivity index is 3.46. The molecule has 0 amide bonds. The molecule has 0 unspecified atom stereocenters. The van der Waals surface area contributed by atoms with Crippen molar-refractivity contribution in [2.75, 3.05) is 0 Å². The molecular weight excluding hydrogens is 145 g/mol. The van der Waals surface area contributed by atoms with Crippen molar-refractivity contribution >= 4 is 13.3 Å². The largest absolute Gasteiger partial charge is 0.208 e. The van der Waals surface area contributed by atoms with Crippen LogP contribution >= 0.6 is 0 Å². The molecule has 0 aliphatic heterocycles. The first-order valence-corrected chi connectivity index (χ1v) is 3.24. The van der Waals surface area contributed by atoms with Crippen molar-refractivity contribution in [1.29, 1.82) is 0 Å². The van der Waals surface area contributed by atoms with Gasteiger partial charge in [-0.1, -0.05) is 5.46 Å². The summed E-state index contributed by atoms with van der Waals surface area (Å²) in [6.45, 7) is 2.96. The first-order valence-electron chi connectivity index (χ1n) is 3.24. The first kappa shape index (κ1) is 8.24. The summed E-state index contributed by atoms with van der Waals surface area (Å²) in [6, 6.07) is 1.09. The van der Waals surface area contributed by atoms with Crippen LogP contribution in [0.25, 0.3) is 0 Å². The minimum atomic E-state index is -0.554. The van der Waals surface area contributed by atoms with Gasteiger partial charge in [-0.25, -0.2) is 8.78 Å². The predicted molar refractivity (Wildman–Crippen MR) is 41.2 cm³/mol. The van der Waals surface area contributed by atoms with Crippen molar-refractivity contribution in [2.45, 2.75) is 13.8 Å². The van der Waals surface area contributed by atoms with Gasteiger partial charge in [-0.05, 0) is 31.0 Å². The Morgan fingerprint density at radius 3 is 2.36 bits per heavy atom. The molecule has 0 N–H and O–H groups in total. The number of hydrogen-bond acceptors (Lipinski definition) is 0. The highest BCUT2D eigenvalue weighted by atomic mass is 19.1. The van der Waals surface area contributed by atoms with Gasteiger partial charge in [0.2, 0.25) is 0 Å². The van der Waals surface area contributed by atoms with Gasteiger partial charge in [-0.2, -0.15) is 0 Å². The van der Waals surface area contributed by atoms with E-state index in [4.69, 9.17) is 7.85 Å². The van der Waals surface area contributed by atoms with Gasteiger partial charge in [0.05, 0.1) is 0 Å². The summed E-state index contributed by atoms with van der Waals surface area (Å²) in [6.07, 6.45) is 0. The predicted octanol–water partition coefficient (Wildman–Crippen LogP) is 1.38. The molecule has 0 saturated carbocycles. The van der Waals surface area contributed by atoms with E-state index in [2.05, 4.69) is 0 Å². The second-order valence-electron chi connectivity index (χ2n) is 2.53. The summed E-state index contributed by atoms with van der Waals surface area (Å²) in [7, 11) is 5.24. The molecule has 0 nitrogen and oxygen atoms in total. The van der Waals surface area contributed by atoms with Crippen LogP contribution in [0.5, 0.6) is 0 Å². The van der Waals surface area contributed by atoms with E-state index in [-0.39, 0.29) is 16.6 Å². The third-order valence-electron chi connectivity index (χ3n) is 1.68. The van der Waals surface area contributed by atoms with Gasteiger partial charge in [0.1, 0.15) is 19.5 Å². The normalized spacial score (nSPS) is 10.2. The molecule has 0 aliphatic rings. The van der Waals surface area contributed by atoms with Gasteiger partial charge in [-0.3, -0.25) is 0 Å². The summed E-state index contributed by atoms with van der Waals surface area (Å²) < 4.78 is 25.7. The molecule has 0 fully saturated rings. The molecule has 0 spiro atoms. The highest BCUT2D eigenvalue weighted by molar-refractivity contribution is 6.33. The third-order valence-corrected chi connectivity index (χ3v) is 1.68. The fraction of sp³-hybridized carbons (Fsp3) is 0.250. The van der Waals surface area contributed by atoms with Crippen LogP contribution < -0.4 is 5.46 Å². The van der Waals surface area contributed by atoms with Crippen molar-refractivity contribution in [2.24, 2.45) is 0 Å². The maximum Gasteiger partial charge on any atom is 0.128 e. The first-order chi connectivity index (χ1) is 5.04. The lowest BCUT2D eigenvalue weighted by Crippen LogP contribution is -2.15. The van der Waals surface area contributed by atoms with Crippen LogP contribution in [0.2, 0.25) is 0 Å². The lowest BCUT2D eigenvalue weighted by atomic mass is 9.89. The van der Waals surface area contributed by atoms with Crippen LogP contribution in [0.15, 0.2) is 6.07 Å². The van der Waals surface area contributed by atoms with Crippen molar-refractivity contribution < 1.29 is 8.78 Å². The summed E-state index contributed by atoms with van der Waals surface area (Å²) in [5.74, 6) is -0.981. The number of aryl methyl sites for hydroxylation is 1. The van der Waals surface area contributed by atoms with Crippen molar-refractivity contribution in [1.82, 2.24) is 0 Å². The number of halogens is 2. The van der Waals surface area contributed by atoms with Gasteiger partial charge in [0, 0.05) is 0 Å². The van der Waals surface area contributed by atoms with E-state index in [1.54, 1.807) is 0 Å². The Kier molecular flexibility index (Phi) is 1.98. The molecule has 2 radical (unpaired) electrons. The monoisotopic (exact) mass is 152 g/mol. The van der Waals surface area contributed by atoms with E-state index >= 15 is 0 Å². The molecule has 0 aliphatic carbocycles. The molecule has 0 heterocycles. The molecule has 3 heteroatoms. The van der Waals surface area contributed by atoms with E-state index in [0.717, 1.165) is 6.07 Å². The summed E-state index contributed by atoms with van der Waals surface area (Å²) in [5.41, 5.74) is 0.366. The second kappa shape index (κ2) is 2.64. The lowest BCUT2D eigenvalue weighted by molar-refractivity contribution is 0.591. The smallest absolute Gasteiger partial charge is 0.128 e. The molecule has 1 aromatic carbocycles. The number of rotatable bonds is 0. The van der Waals surface area contributed by atoms with Gasteiger partial charge < -0.3 is 0 Å². The van der Waals surface area contributed by atoms with E-state index < -0.39 is 11.6 Å². The molecular formula is C8H7BF2. The zero-order chi connectivity index (χ0) is 8.59. The summed E-state index contributed by atoms with van der Waals surface area (Å²) >= 11 is 0. The van der Waals surface area contributed by atoms with Crippen molar-refractivity contribution in [3.8, 4) is 0 Å². The van der Waals surface area contributed by atoms with Gasteiger partial charge >= 0.3 is 0 Å².